The van der Waals surface area contributed by atoms with Gasteiger partial charge in [-0.3, -0.25) is 0 Å². The summed E-state index contributed by atoms with van der Waals surface area (Å²) in [5, 5.41) is 84.2. The van der Waals surface area contributed by atoms with Crippen molar-refractivity contribution in [2.24, 2.45) is 0 Å². The highest BCUT2D eigenvalue weighted by molar-refractivity contribution is 5.62. The van der Waals surface area contributed by atoms with Crippen LogP contribution in [0.2, 0.25) is 0 Å². The molecule has 0 aliphatic rings. The summed E-state index contributed by atoms with van der Waals surface area (Å²) in [6, 6.07) is 61.6. The van der Waals surface area contributed by atoms with Crippen molar-refractivity contribution in [3.8, 4) is 40.2 Å². The average Bonchev–Trinajstić information content (AvgIpc) is 0.733. The molecule has 0 unspecified atom stereocenters. The molecule has 0 aliphatic carbocycles. The van der Waals surface area contributed by atoms with Crippen LogP contribution >= 0.6 is 0 Å². The molecule has 0 bridgehead atoms. The van der Waals surface area contributed by atoms with Crippen LogP contribution in [0.1, 0.15) is 267 Å². The van der Waals surface area contributed by atoms with Gasteiger partial charge in [0.2, 0.25) is 0 Å². The molecule has 0 saturated carbocycles. The molecule has 10 rings (SSSR count). The fourth-order valence-corrected chi connectivity index (χ4v) is 13.7. The Hall–Kier alpha value is -9.20. The molecule has 0 atom stereocenters. The van der Waals surface area contributed by atoms with Gasteiger partial charge in [0.15, 0.2) is 0 Å². The lowest BCUT2D eigenvalue weighted by Gasteiger charge is -2.35. The van der Waals surface area contributed by atoms with E-state index in [4.69, 9.17) is 0 Å². The SMILES string of the molecule is CC(C)c1cccc(Cc2cc(C(C)(c3ccc(C(C)(C)c4cc(Cc5cc(C(C)C)ccc5O)c(O)c(Cc5cc(C(C)C)ccc5O)c4)cc3)c3cc(Cc4cccc(C(C)C)c4)c(O)c(Cc4cc(C(C)C)ccc4O)c3)cc(Cc3cc(C(C)C)ccc3O)c2O)c1. The number of hydrogen-bond donors (Lipinski definition) is 7. The normalized spacial score (nSPS) is 12.2. The third kappa shape index (κ3) is 15.1. The number of phenolic OH excluding ortho intramolecular Hbond substituents is 7. The molecule has 0 saturated heterocycles. The molecule has 0 spiro atoms. The summed E-state index contributed by atoms with van der Waals surface area (Å²) in [7, 11) is 0. The van der Waals surface area contributed by atoms with Crippen LogP contribution in [0.3, 0.4) is 0 Å². The first-order chi connectivity index (χ1) is 45.5. The summed E-state index contributed by atoms with van der Waals surface area (Å²) in [4.78, 5) is 0. The fraction of sp³-hybridized carbons (Fsp3) is 0.326. The van der Waals surface area contributed by atoms with Gasteiger partial charge in [0, 0.05) is 49.4 Å². The van der Waals surface area contributed by atoms with E-state index in [2.05, 4.69) is 225 Å². The van der Waals surface area contributed by atoms with E-state index in [-0.39, 0.29) is 101 Å². The number of phenols is 7. The zero-order valence-corrected chi connectivity index (χ0v) is 59.2. The molecule has 96 heavy (non-hydrogen) atoms. The van der Waals surface area contributed by atoms with Crippen LogP contribution in [0.25, 0.3) is 0 Å². The number of rotatable bonds is 23. The summed E-state index contributed by atoms with van der Waals surface area (Å²) >= 11 is 0. The topological polar surface area (TPSA) is 142 Å². The molecule has 7 N–H and O–H groups in total. The molecule has 10 aromatic rings. The largest absolute Gasteiger partial charge is 0.508 e. The van der Waals surface area contributed by atoms with Crippen LogP contribution in [0, 0.1) is 0 Å². The lowest BCUT2D eigenvalue weighted by Crippen LogP contribution is -2.27. The minimum absolute atomic E-state index is 0.121. The number of benzene rings is 10. The molecule has 7 heteroatoms. The second-order valence-electron chi connectivity index (χ2n) is 29.8. The number of hydrogen-bond acceptors (Lipinski definition) is 7. The molecule has 7 nitrogen and oxygen atoms in total. The van der Waals surface area contributed by atoms with Crippen molar-refractivity contribution < 1.29 is 35.7 Å². The van der Waals surface area contributed by atoms with E-state index in [1.54, 1.807) is 24.3 Å². The van der Waals surface area contributed by atoms with Crippen LogP contribution in [0.4, 0.5) is 0 Å². The molecule has 498 valence electrons. The van der Waals surface area contributed by atoms with Gasteiger partial charge in [-0.2, -0.15) is 0 Å². The van der Waals surface area contributed by atoms with Gasteiger partial charge < -0.3 is 35.7 Å². The Morgan fingerprint density at radius 3 is 0.771 bits per heavy atom. The van der Waals surface area contributed by atoms with Crippen LogP contribution in [-0.2, 0) is 49.4 Å². The Morgan fingerprint density at radius 2 is 0.490 bits per heavy atom. The minimum atomic E-state index is -1.02. The molecule has 0 fully saturated rings. The zero-order chi connectivity index (χ0) is 69.2. The standard InChI is InChI=1S/C89H100O7/c1-52(2)60-20-16-18-58(34-60)36-70-48-79(50-74(85(70)94)44-68-40-64(56(9)10)24-32-83(68)92)89(15,80-49-71(37-59-19-17-21-61(35-59)53(3)4)86(95)75(51-80)45-69-41-65(57(11)12)25-33-84(69)93)77-28-26-76(27-29-77)88(13,14)78-46-72(42-66-38-62(54(5)6)22-30-81(66)90)87(96)73(47-78)43-67-39-63(55(7)8)23-31-82(67)91/h16-35,38-41,46-57,90-96H,36-37,42-45H2,1-15H3. The van der Waals surface area contributed by atoms with Crippen molar-refractivity contribution in [2.75, 3.05) is 0 Å². The van der Waals surface area contributed by atoms with Crippen molar-refractivity contribution in [1.29, 1.82) is 0 Å². The van der Waals surface area contributed by atoms with E-state index in [9.17, 15) is 35.7 Å². The third-order valence-electron chi connectivity index (χ3n) is 20.5. The molecule has 10 aromatic carbocycles. The summed E-state index contributed by atoms with van der Waals surface area (Å²) < 4.78 is 0. The quantitative estimate of drug-likeness (QED) is 0.0316. The highest BCUT2D eigenvalue weighted by Crippen LogP contribution is 2.48. The van der Waals surface area contributed by atoms with Crippen molar-refractivity contribution in [2.45, 2.75) is 189 Å². The summed E-state index contributed by atoms with van der Waals surface area (Å²) in [5.41, 5.74) is 18.8. The highest BCUT2D eigenvalue weighted by atomic mass is 16.3. The minimum Gasteiger partial charge on any atom is -0.508 e. The fourth-order valence-electron chi connectivity index (χ4n) is 13.7. The molecule has 0 aliphatic heterocycles. The lowest BCUT2D eigenvalue weighted by molar-refractivity contribution is 0.455. The van der Waals surface area contributed by atoms with E-state index >= 15 is 0 Å². The summed E-state index contributed by atoms with van der Waals surface area (Å²) in [6.07, 6.45) is 1.91. The van der Waals surface area contributed by atoms with Crippen LogP contribution in [0.15, 0.2) is 182 Å². The predicted octanol–water partition coefficient (Wildman–Crippen LogP) is 21.6. The van der Waals surface area contributed by atoms with Crippen LogP contribution < -0.4 is 0 Å². The van der Waals surface area contributed by atoms with Crippen molar-refractivity contribution >= 4 is 0 Å². The molecule has 0 heterocycles. The Morgan fingerprint density at radius 1 is 0.240 bits per heavy atom. The first-order valence-corrected chi connectivity index (χ1v) is 34.6. The van der Waals surface area contributed by atoms with Crippen molar-refractivity contribution in [3.63, 3.8) is 0 Å². The molecular weight excluding hydrogens is 1180 g/mol. The van der Waals surface area contributed by atoms with Gasteiger partial charge in [-0.05, 0) is 195 Å². The lowest BCUT2D eigenvalue weighted by atomic mass is 9.68. The van der Waals surface area contributed by atoms with E-state index in [1.807, 2.05) is 36.4 Å². The zero-order valence-electron chi connectivity index (χ0n) is 59.2. The molecular formula is C89H100O7. The first kappa shape index (κ1) is 69.6. The summed E-state index contributed by atoms with van der Waals surface area (Å²) in [6.45, 7) is 32.4. The molecule has 0 radical (unpaired) electrons. The Balaban J connectivity index is 1.21. The van der Waals surface area contributed by atoms with E-state index in [0.29, 0.717) is 57.3 Å². The maximum Gasteiger partial charge on any atom is 0.122 e. The Bertz CT molecular complexity index is 4190. The highest BCUT2D eigenvalue weighted by Gasteiger charge is 2.36. The maximum absolute atomic E-state index is 12.9. The van der Waals surface area contributed by atoms with Gasteiger partial charge in [0.1, 0.15) is 40.2 Å². The van der Waals surface area contributed by atoms with Crippen molar-refractivity contribution in [3.05, 3.63) is 310 Å². The average molecular weight is 1280 g/mol. The van der Waals surface area contributed by atoms with E-state index in [1.165, 1.54) is 11.1 Å². The van der Waals surface area contributed by atoms with Gasteiger partial charge in [-0.1, -0.05) is 255 Å². The third-order valence-corrected chi connectivity index (χ3v) is 20.5. The van der Waals surface area contributed by atoms with Crippen molar-refractivity contribution in [1.82, 2.24) is 0 Å². The maximum atomic E-state index is 12.9. The molecule has 0 aromatic heterocycles. The van der Waals surface area contributed by atoms with E-state index < -0.39 is 10.8 Å². The van der Waals surface area contributed by atoms with Gasteiger partial charge in [-0.25, -0.2) is 0 Å². The van der Waals surface area contributed by atoms with Gasteiger partial charge in [-0.15, -0.1) is 0 Å². The van der Waals surface area contributed by atoms with Gasteiger partial charge in [0.05, 0.1) is 0 Å². The monoisotopic (exact) mass is 1280 g/mol. The second kappa shape index (κ2) is 28.6. The Kier molecular flexibility index (Phi) is 20.8. The predicted molar refractivity (Wildman–Crippen MR) is 395 cm³/mol. The van der Waals surface area contributed by atoms with Crippen LogP contribution in [0.5, 0.6) is 40.2 Å². The number of aromatic hydroxyl groups is 7. The van der Waals surface area contributed by atoms with Crippen LogP contribution in [-0.4, -0.2) is 35.7 Å². The van der Waals surface area contributed by atoms with Gasteiger partial charge in [0.25, 0.3) is 0 Å². The van der Waals surface area contributed by atoms with E-state index in [0.717, 1.165) is 72.3 Å². The summed E-state index contributed by atoms with van der Waals surface area (Å²) in [5.74, 6) is 2.49. The second-order valence-corrected chi connectivity index (χ2v) is 29.8. The van der Waals surface area contributed by atoms with Gasteiger partial charge >= 0.3 is 0 Å². The molecule has 0 amide bonds. The smallest absolute Gasteiger partial charge is 0.122 e. The first-order valence-electron chi connectivity index (χ1n) is 34.6. The Labute approximate surface area is 571 Å².